The van der Waals surface area contributed by atoms with E-state index in [0.29, 0.717) is 27.9 Å². The van der Waals surface area contributed by atoms with Crippen molar-refractivity contribution in [2.24, 2.45) is 0 Å². The molecule has 0 bridgehead atoms. The van der Waals surface area contributed by atoms with Crippen molar-refractivity contribution < 1.29 is 19.1 Å². The number of carbonyl (C=O) groups excluding carboxylic acids is 2. The molecule has 0 fully saturated rings. The largest absolute Gasteiger partial charge is 0.495 e. The van der Waals surface area contributed by atoms with Gasteiger partial charge in [-0.25, -0.2) is 0 Å². The molecule has 0 radical (unpaired) electrons. The Balaban J connectivity index is 1.85. The first kappa shape index (κ1) is 18.1. The number of fused-ring (bicyclic) bond motifs is 1. The number of nitrogens with zero attached hydrogens (tertiary/aromatic N) is 1. The predicted molar refractivity (Wildman–Crippen MR) is 100 cm³/mol. The van der Waals surface area contributed by atoms with E-state index in [2.05, 4.69) is 5.32 Å². The van der Waals surface area contributed by atoms with Gasteiger partial charge in [0, 0.05) is 18.0 Å². The molecule has 0 saturated heterocycles. The maximum absolute atomic E-state index is 12.7. The first-order valence-electron chi connectivity index (χ1n) is 8.09. The molecule has 2 amide bonds. The number of carbonyl (C=O) groups is 2. The molecule has 1 unspecified atom stereocenters. The Labute approximate surface area is 156 Å². The lowest BCUT2D eigenvalue weighted by Gasteiger charge is -2.33. The molecule has 0 spiro atoms. The SMILES string of the molecule is COc1cc(Cl)c(C)cc1NC(=O)C1CN(C(C)=O)c2ccccc2O1. The van der Waals surface area contributed by atoms with E-state index >= 15 is 0 Å². The fraction of sp³-hybridized carbons (Fsp3) is 0.263. The zero-order valence-electron chi connectivity index (χ0n) is 14.7. The van der Waals surface area contributed by atoms with Crippen molar-refractivity contribution >= 4 is 34.8 Å². The van der Waals surface area contributed by atoms with Crippen LogP contribution in [0.15, 0.2) is 36.4 Å². The number of nitrogens with one attached hydrogen (secondary N) is 1. The molecule has 26 heavy (non-hydrogen) atoms. The van der Waals surface area contributed by atoms with Gasteiger partial charge in [0.2, 0.25) is 5.91 Å². The molecule has 1 atom stereocenters. The molecule has 1 N–H and O–H groups in total. The summed E-state index contributed by atoms with van der Waals surface area (Å²) < 4.78 is 11.1. The van der Waals surface area contributed by atoms with Crippen molar-refractivity contribution in [1.29, 1.82) is 0 Å². The highest BCUT2D eigenvalue weighted by Crippen LogP contribution is 2.34. The fourth-order valence-electron chi connectivity index (χ4n) is 2.81. The highest BCUT2D eigenvalue weighted by atomic mass is 35.5. The molecule has 7 heteroatoms. The van der Waals surface area contributed by atoms with Crippen LogP contribution in [0.2, 0.25) is 5.02 Å². The van der Waals surface area contributed by atoms with Crippen LogP contribution in [0, 0.1) is 6.92 Å². The number of hydrogen-bond acceptors (Lipinski definition) is 4. The monoisotopic (exact) mass is 374 g/mol. The van der Waals surface area contributed by atoms with Crippen molar-refractivity contribution in [3.63, 3.8) is 0 Å². The molecule has 3 rings (SSSR count). The second kappa shape index (κ2) is 7.25. The molecule has 1 aliphatic heterocycles. The third-order valence-electron chi connectivity index (χ3n) is 4.18. The molecular formula is C19H19ClN2O4. The van der Waals surface area contributed by atoms with E-state index < -0.39 is 6.10 Å². The zero-order chi connectivity index (χ0) is 18.8. The topological polar surface area (TPSA) is 67.9 Å². The Morgan fingerprint density at radius 3 is 2.73 bits per heavy atom. The molecule has 1 aliphatic rings. The van der Waals surface area contributed by atoms with Gasteiger partial charge in [-0.3, -0.25) is 9.59 Å². The first-order valence-corrected chi connectivity index (χ1v) is 8.47. The van der Waals surface area contributed by atoms with Crippen molar-refractivity contribution in [3.8, 4) is 11.5 Å². The number of aryl methyl sites for hydroxylation is 1. The summed E-state index contributed by atoms with van der Waals surface area (Å²) >= 11 is 6.10. The average Bonchev–Trinajstić information content (AvgIpc) is 2.63. The van der Waals surface area contributed by atoms with E-state index in [0.717, 1.165) is 5.56 Å². The van der Waals surface area contributed by atoms with E-state index in [-0.39, 0.29) is 18.4 Å². The van der Waals surface area contributed by atoms with Gasteiger partial charge in [-0.2, -0.15) is 0 Å². The average molecular weight is 375 g/mol. The van der Waals surface area contributed by atoms with E-state index in [4.69, 9.17) is 21.1 Å². The number of para-hydroxylation sites is 2. The molecule has 1 heterocycles. The van der Waals surface area contributed by atoms with Gasteiger partial charge in [0.15, 0.2) is 6.10 Å². The first-order chi connectivity index (χ1) is 12.4. The van der Waals surface area contributed by atoms with Gasteiger partial charge < -0.3 is 19.7 Å². The molecule has 6 nitrogen and oxygen atoms in total. The number of hydrogen-bond donors (Lipinski definition) is 1. The summed E-state index contributed by atoms with van der Waals surface area (Å²) in [5.41, 5.74) is 1.96. The van der Waals surface area contributed by atoms with Crippen LogP contribution >= 0.6 is 11.6 Å². The zero-order valence-corrected chi connectivity index (χ0v) is 15.5. The van der Waals surface area contributed by atoms with E-state index in [9.17, 15) is 9.59 Å². The standard InChI is InChI=1S/C19H19ClN2O4/c1-11-8-14(17(25-3)9-13(11)20)21-19(24)18-10-22(12(2)23)15-6-4-5-7-16(15)26-18/h4-9,18H,10H2,1-3H3,(H,21,24). The molecule has 136 valence electrons. The summed E-state index contributed by atoms with van der Waals surface area (Å²) in [6.45, 7) is 3.43. The number of benzene rings is 2. The number of ether oxygens (including phenoxy) is 2. The van der Waals surface area contributed by atoms with Crippen LogP contribution in [-0.4, -0.2) is 31.6 Å². The molecular weight excluding hydrogens is 356 g/mol. The van der Waals surface area contributed by atoms with Crippen molar-refractivity contribution in [2.75, 3.05) is 23.9 Å². The molecule has 0 saturated carbocycles. The Morgan fingerprint density at radius 2 is 2.04 bits per heavy atom. The maximum Gasteiger partial charge on any atom is 0.267 e. The number of methoxy groups -OCH3 is 1. The van der Waals surface area contributed by atoms with Gasteiger partial charge >= 0.3 is 0 Å². The minimum atomic E-state index is -0.838. The van der Waals surface area contributed by atoms with Crippen LogP contribution in [0.1, 0.15) is 12.5 Å². The molecule has 2 aromatic rings. The number of rotatable bonds is 3. The normalized spacial score (nSPS) is 15.7. The summed E-state index contributed by atoms with van der Waals surface area (Å²) in [6, 6.07) is 10.5. The van der Waals surface area contributed by atoms with Gasteiger partial charge in [-0.1, -0.05) is 23.7 Å². The van der Waals surface area contributed by atoms with Gasteiger partial charge in [0.05, 0.1) is 25.0 Å². The lowest BCUT2D eigenvalue weighted by atomic mass is 10.1. The minimum absolute atomic E-state index is 0.132. The Morgan fingerprint density at radius 1 is 1.31 bits per heavy atom. The lowest BCUT2D eigenvalue weighted by Crippen LogP contribution is -2.48. The molecule has 0 aromatic heterocycles. The van der Waals surface area contributed by atoms with Crippen LogP contribution in [0.25, 0.3) is 0 Å². The highest BCUT2D eigenvalue weighted by Gasteiger charge is 2.32. The quantitative estimate of drug-likeness (QED) is 0.894. The van der Waals surface area contributed by atoms with Crippen LogP contribution in [-0.2, 0) is 9.59 Å². The van der Waals surface area contributed by atoms with E-state index in [1.165, 1.54) is 18.9 Å². The van der Waals surface area contributed by atoms with Gasteiger partial charge in [0.25, 0.3) is 5.91 Å². The Kier molecular flexibility index (Phi) is 5.04. The number of amides is 2. The summed E-state index contributed by atoms with van der Waals surface area (Å²) in [5.74, 6) is 0.422. The molecule has 0 aliphatic carbocycles. The van der Waals surface area contributed by atoms with Gasteiger partial charge in [-0.05, 0) is 30.7 Å². The predicted octanol–water partition coefficient (Wildman–Crippen LogP) is 3.41. The summed E-state index contributed by atoms with van der Waals surface area (Å²) in [4.78, 5) is 26.3. The number of anilines is 2. The third-order valence-corrected chi connectivity index (χ3v) is 4.59. The van der Waals surface area contributed by atoms with E-state index in [1.807, 2.05) is 13.0 Å². The van der Waals surface area contributed by atoms with Crippen LogP contribution in [0.3, 0.4) is 0 Å². The van der Waals surface area contributed by atoms with Crippen LogP contribution < -0.4 is 19.7 Å². The maximum atomic E-state index is 12.7. The number of halogens is 1. The van der Waals surface area contributed by atoms with Crippen molar-refractivity contribution in [2.45, 2.75) is 20.0 Å². The lowest BCUT2D eigenvalue weighted by molar-refractivity contribution is -0.123. The summed E-state index contributed by atoms with van der Waals surface area (Å²) in [7, 11) is 1.50. The van der Waals surface area contributed by atoms with Gasteiger partial charge in [0.1, 0.15) is 11.5 Å². The third kappa shape index (κ3) is 3.46. The molecule has 2 aromatic carbocycles. The van der Waals surface area contributed by atoms with Crippen molar-refractivity contribution in [1.82, 2.24) is 0 Å². The highest BCUT2D eigenvalue weighted by molar-refractivity contribution is 6.31. The van der Waals surface area contributed by atoms with Crippen molar-refractivity contribution in [3.05, 3.63) is 47.0 Å². The van der Waals surface area contributed by atoms with Crippen LogP contribution in [0.5, 0.6) is 11.5 Å². The Bertz CT molecular complexity index is 869. The fourth-order valence-corrected chi connectivity index (χ4v) is 2.97. The van der Waals surface area contributed by atoms with Gasteiger partial charge in [-0.15, -0.1) is 0 Å². The van der Waals surface area contributed by atoms with E-state index in [1.54, 1.807) is 30.3 Å². The summed E-state index contributed by atoms with van der Waals surface area (Å²) in [6.07, 6.45) is -0.838. The van der Waals surface area contributed by atoms with Crippen LogP contribution in [0.4, 0.5) is 11.4 Å². The summed E-state index contributed by atoms with van der Waals surface area (Å²) in [5, 5.41) is 3.35. The second-order valence-corrected chi connectivity index (χ2v) is 6.40. The smallest absolute Gasteiger partial charge is 0.267 e. The minimum Gasteiger partial charge on any atom is -0.495 e. The Hall–Kier alpha value is -2.73. The second-order valence-electron chi connectivity index (χ2n) is 5.99.